The first-order valence-electron chi connectivity index (χ1n) is 8.55. The van der Waals surface area contributed by atoms with Crippen molar-refractivity contribution in [2.75, 3.05) is 30.5 Å². The highest BCUT2D eigenvalue weighted by Gasteiger charge is 2.23. The SMILES string of the molecule is Cc1cc(Nc2ncn(-c3cc(F)cc(F)c3)n2)cc(N(C)C2COC2)c1. The first-order valence-corrected chi connectivity index (χ1v) is 8.55. The Morgan fingerprint density at radius 1 is 1.11 bits per heavy atom. The third kappa shape index (κ3) is 3.75. The van der Waals surface area contributed by atoms with Crippen molar-refractivity contribution in [2.45, 2.75) is 13.0 Å². The van der Waals surface area contributed by atoms with Gasteiger partial charge in [-0.2, -0.15) is 4.98 Å². The molecule has 8 heteroatoms. The summed E-state index contributed by atoms with van der Waals surface area (Å²) in [6, 6.07) is 9.68. The number of halogens is 2. The predicted molar refractivity (Wildman–Crippen MR) is 98.7 cm³/mol. The standard InChI is InChI=1S/C19H19F2N5O/c1-12-3-15(8-16(4-12)25(2)18-9-27-10-18)23-19-22-11-26(24-19)17-6-13(20)5-14(21)7-17/h3-8,11,18H,9-10H2,1-2H3,(H,23,24). The number of likely N-dealkylation sites (N-methyl/N-ethyl adjacent to an activating group) is 1. The summed E-state index contributed by atoms with van der Waals surface area (Å²) in [5, 5.41) is 7.40. The molecule has 3 aromatic rings. The minimum atomic E-state index is -0.665. The van der Waals surface area contributed by atoms with Crippen molar-refractivity contribution in [3.05, 3.63) is 59.9 Å². The fraction of sp³-hybridized carbons (Fsp3) is 0.263. The van der Waals surface area contributed by atoms with Crippen molar-refractivity contribution >= 4 is 17.3 Å². The van der Waals surface area contributed by atoms with Crippen LogP contribution in [0.2, 0.25) is 0 Å². The quantitative estimate of drug-likeness (QED) is 0.745. The molecule has 0 amide bonds. The molecule has 1 aromatic heterocycles. The summed E-state index contributed by atoms with van der Waals surface area (Å²) in [6.07, 6.45) is 1.41. The van der Waals surface area contributed by atoms with Crippen LogP contribution < -0.4 is 10.2 Å². The third-order valence-electron chi connectivity index (χ3n) is 4.50. The van der Waals surface area contributed by atoms with Gasteiger partial charge in [-0.05, 0) is 42.8 Å². The molecule has 0 bridgehead atoms. The number of hydrogen-bond donors (Lipinski definition) is 1. The minimum absolute atomic E-state index is 0.266. The van der Waals surface area contributed by atoms with Crippen molar-refractivity contribution in [3.63, 3.8) is 0 Å². The van der Waals surface area contributed by atoms with E-state index in [-0.39, 0.29) is 5.69 Å². The number of nitrogens with one attached hydrogen (secondary N) is 1. The van der Waals surface area contributed by atoms with Crippen LogP contribution in [-0.4, -0.2) is 41.1 Å². The highest BCUT2D eigenvalue weighted by molar-refractivity contribution is 5.64. The van der Waals surface area contributed by atoms with Gasteiger partial charge in [0.1, 0.15) is 18.0 Å². The second kappa shape index (κ2) is 6.96. The topological polar surface area (TPSA) is 55.2 Å². The number of ether oxygens (including phenoxy) is 1. The normalized spacial score (nSPS) is 14.1. The van der Waals surface area contributed by atoms with Gasteiger partial charge >= 0.3 is 0 Å². The molecule has 0 radical (unpaired) electrons. The molecule has 0 aliphatic carbocycles. The molecule has 2 heterocycles. The van der Waals surface area contributed by atoms with Gasteiger partial charge in [-0.25, -0.2) is 13.5 Å². The zero-order valence-corrected chi connectivity index (χ0v) is 15.0. The van der Waals surface area contributed by atoms with Gasteiger partial charge in [-0.3, -0.25) is 0 Å². The van der Waals surface area contributed by atoms with Crippen molar-refractivity contribution in [2.24, 2.45) is 0 Å². The van der Waals surface area contributed by atoms with Crippen LogP contribution in [0.15, 0.2) is 42.7 Å². The molecule has 1 fully saturated rings. The van der Waals surface area contributed by atoms with Crippen molar-refractivity contribution < 1.29 is 13.5 Å². The molecular formula is C19H19F2N5O. The number of nitrogens with zero attached hydrogens (tertiary/aromatic N) is 4. The smallest absolute Gasteiger partial charge is 0.246 e. The second-order valence-corrected chi connectivity index (χ2v) is 6.62. The fourth-order valence-electron chi connectivity index (χ4n) is 2.94. The summed E-state index contributed by atoms with van der Waals surface area (Å²) < 4.78 is 33.4. The number of hydrogen-bond acceptors (Lipinski definition) is 5. The van der Waals surface area contributed by atoms with Gasteiger partial charge < -0.3 is 15.0 Å². The van der Waals surface area contributed by atoms with Crippen LogP contribution in [-0.2, 0) is 4.74 Å². The predicted octanol–water partition coefficient (Wildman–Crippen LogP) is 3.43. The van der Waals surface area contributed by atoms with Crippen LogP contribution in [0.5, 0.6) is 0 Å². The Hall–Kier alpha value is -3.00. The Balaban J connectivity index is 1.56. The van der Waals surface area contributed by atoms with Gasteiger partial charge in [-0.1, -0.05) is 0 Å². The van der Waals surface area contributed by atoms with Crippen molar-refractivity contribution in [1.29, 1.82) is 0 Å². The van der Waals surface area contributed by atoms with E-state index in [2.05, 4.69) is 26.4 Å². The Morgan fingerprint density at radius 3 is 2.52 bits per heavy atom. The van der Waals surface area contributed by atoms with Gasteiger partial charge in [0.2, 0.25) is 5.95 Å². The molecule has 0 saturated carbocycles. The van der Waals surface area contributed by atoms with Gasteiger partial charge in [0.05, 0.1) is 24.9 Å². The zero-order chi connectivity index (χ0) is 19.0. The summed E-state index contributed by atoms with van der Waals surface area (Å²) in [7, 11) is 2.04. The van der Waals surface area contributed by atoms with Crippen LogP contribution >= 0.6 is 0 Å². The minimum Gasteiger partial charge on any atom is -0.377 e. The molecule has 0 spiro atoms. The van der Waals surface area contributed by atoms with Crippen LogP contribution in [0.1, 0.15) is 5.56 Å². The Bertz CT molecular complexity index is 950. The van der Waals surface area contributed by atoms with Gasteiger partial charge in [0.15, 0.2) is 0 Å². The first kappa shape index (κ1) is 17.4. The average molecular weight is 371 g/mol. The van der Waals surface area contributed by atoms with Gasteiger partial charge in [0, 0.05) is 24.5 Å². The van der Waals surface area contributed by atoms with E-state index < -0.39 is 11.6 Å². The largest absolute Gasteiger partial charge is 0.377 e. The zero-order valence-electron chi connectivity index (χ0n) is 15.0. The van der Waals surface area contributed by atoms with E-state index >= 15 is 0 Å². The molecule has 1 saturated heterocycles. The van der Waals surface area contributed by atoms with Crippen LogP contribution in [0.3, 0.4) is 0 Å². The third-order valence-corrected chi connectivity index (χ3v) is 4.50. The molecule has 4 rings (SSSR count). The molecule has 0 unspecified atom stereocenters. The average Bonchev–Trinajstić information content (AvgIpc) is 3.00. The lowest BCUT2D eigenvalue weighted by Crippen LogP contribution is -2.47. The molecule has 0 atom stereocenters. The first-order chi connectivity index (χ1) is 13.0. The number of aryl methyl sites for hydroxylation is 1. The number of rotatable bonds is 5. The number of aromatic nitrogens is 3. The second-order valence-electron chi connectivity index (χ2n) is 6.62. The molecule has 6 nitrogen and oxygen atoms in total. The van der Waals surface area contributed by atoms with E-state index in [4.69, 9.17) is 4.74 Å². The molecule has 2 aromatic carbocycles. The maximum atomic E-state index is 13.4. The Morgan fingerprint density at radius 2 is 1.85 bits per heavy atom. The van der Waals surface area contributed by atoms with Crippen molar-refractivity contribution in [3.8, 4) is 5.69 Å². The summed E-state index contributed by atoms with van der Waals surface area (Å²) in [5.74, 6) is -0.992. The number of benzene rings is 2. The lowest BCUT2D eigenvalue weighted by atomic mass is 10.1. The van der Waals surface area contributed by atoms with E-state index in [0.29, 0.717) is 12.0 Å². The van der Waals surface area contributed by atoms with Gasteiger partial charge in [0.25, 0.3) is 0 Å². The highest BCUT2D eigenvalue weighted by Crippen LogP contribution is 2.26. The maximum absolute atomic E-state index is 13.4. The molecule has 1 N–H and O–H groups in total. The summed E-state index contributed by atoms with van der Waals surface area (Å²) in [6.45, 7) is 3.47. The van der Waals surface area contributed by atoms with Gasteiger partial charge in [-0.15, -0.1) is 5.10 Å². The monoisotopic (exact) mass is 371 g/mol. The molecule has 140 valence electrons. The fourth-order valence-corrected chi connectivity index (χ4v) is 2.94. The summed E-state index contributed by atoms with van der Waals surface area (Å²) in [4.78, 5) is 6.36. The molecular weight excluding hydrogens is 352 g/mol. The van der Waals surface area contributed by atoms with Crippen LogP contribution in [0.4, 0.5) is 26.1 Å². The molecule has 1 aliphatic rings. The van der Waals surface area contributed by atoms with Crippen molar-refractivity contribution in [1.82, 2.24) is 14.8 Å². The van der Waals surface area contributed by atoms with E-state index in [9.17, 15) is 8.78 Å². The number of anilines is 3. The highest BCUT2D eigenvalue weighted by atomic mass is 19.1. The van der Waals surface area contributed by atoms with Crippen LogP contribution in [0.25, 0.3) is 5.69 Å². The van der Waals surface area contributed by atoms with E-state index in [1.54, 1.807) is 0 Å². The van der Waals surface area contributed by atoms with Crippen LogP contribution in [0, 0.1) is 18.6 Å². The Labute approximate surface area is 155 Å². The lowest BCUT2D eigenvalue weighted by molar-refractivity contribution is 0.0101. The molecule has 1 aliphatic heterocycles. The Kier molecular flexibility index (Phi) is 4.49. The van der Waals surface area contributed by atoms with E-state index in [1.165, 1.54) is 23.1 Å². The molecule has 27 heavy (non-hydrogen) atoms. The summed E-state index contributed by atoms with van der Waals surface area (Å²) in [5.41, 5.74) is 3.26. The summed E-state index contributed by atoms with van der Waals surface area (Å²) >= 11 is 0. The van der Waals surface area contributed by atoms with E-state index in [0.717, 1.165) is 36.2 Å². The lowest BCUT2D eigenvalue weighted by Gasteiger charge is -2.36. The van der Waals surface area contributed by atoms with E-state index in [1.807, 2.05) is 26.1 Å². The maximum Gasteiger partial charge on any atom is 0.246 e.